The second kappa shape index (κ2) is 5.38. The Morgan fingerprint density at radius 3 is 2.33 bits per heavy atom. The molecule has 1 nitrogen and oxygen atoms in total. The molecule has 0 spiro atoms. The van der Waals surface area contributed by atoms with Crippen LogP contribution in [0.5, 0.6) is 0 Å². The highest BCUT2D eigenvalue weighted by Gasteiger charge is 2.14. The van der Waals surface area contributed by atoms with Crippen molar-refractivity contribution in [3.8, 4) is 5.69 Å². The number of aryl methyl sites for hydroxylation is 1. The van der Waals surface area contributed by atoms with Crippen LogP contribution in [-0.4, -0.2) is 4.57 Å². The molecule has 104 valence electrons. The van der Waals surface area contributed by atoms with E-state index < -0.39 is 0 Å². The molecule has 0 unspecified atom stereocenters. The third-order valence-corrected chi connectivity index (χ3v) is 4.19. The van der Waals surface area contributed by atoms with Gasteiger partial charge >= 0.3 is 0 Å². The highest BCUT2D eigenvalue weighted by molar-refractivity contribution is 9.10. The zero-order chi connectivity index (χ0) is 15.0. The third-order valence-electron chi connectivity index (χ3n) is 3.70. The summed E-state index contributed by atoms with van der Waals surface area (Å²) in [5.74, 6) is 0. The normalized spacial score (nSPS) is 10.8. The monoisotopic (exact) mass is 337 g/mol. The average molecular weight is 338 g/mol. The van der Waals surface area contributed by atoms with Crippen LogP contribution in [-0.2, 0) is 0 Å². The minimum absolute atomic E-state index is 1.06. The maximum Gasteiger partial charge on any atom is 0.0552 e. The Balaban J connectivity index is 2.44. The Labute approximate surface area is 133 Å². The molecule has 0 saturated heterocycles. The molecule has 21 heavy (non-hydrogen) atoms. The van der Waals surface area contributed by atoms with Gasteiger partial charge in [-0.2, -0.15) is 0 Å². The SMILES string of the molecule is C=Cc1c(C=C)n(-c2ccc(C)cc2)c2cc(Br)ccc12. The fourth-order valence-electron chi connectivity index (χ4n) is 2.69. The van der Waals surface area contributed by atoms with Crippen molar-refractivity contribution < 1.29 is 0 Å². The van der Waals surface area contributed by atoms with Crippen LogP contribution in [0.1, 0.15) is 16.8 Å². The first kappa shape index (κ1) is 13.9. The number of hydrogen-bond acceptors (Lipinski definition) is 0. The van der Waals surface area contributed by atoms with Crippen molar-refractivity contribution >= 4 is 39.0 Å². The maximum atomic E-state index is 3.98. The number of rotatable bonds is 3. The van der Waals surface area contributed by atoms with E-state index >= 15 is 0 Å². The largest absolute Gasteiger partial charge is 0.309 e. The Bertz CT molecular complexity index is 838. The third kappa shape index (κ3) is 2.26. The molecular formula is C19H16BrN. The van der Waals surface area contributed by atoms with E-state index in [1.54, 1.807) is 0 Å². The van der Waals surface area contributed by atoms with Crippen LogP contribution in [0, 0.1) is 6.92 Å². The van der Waals surface area contributed by atoms with Crippen molar-refractivity contribution in [3.63, 3.8) is 0 Å². The first-order chi connectivity index (χ1) is 10.2. The second-order valence-corrected chi connectivity index (χ2v) is 5.96. The Hall–Kier alpha value is -2.06. The van der Waals surface area contributed by atoms with E-state index in [-0.39, 0.29) is 0 Å². The summed E-state index contributed by atoms with van der Waals surface area (Å²) in [7, 11) is 0. The number of hydrogen-bond donors (Lipinski definition) is 0. The van der Waals surface area contributed by atoms with E-state index in [2.05, 4.69) is 83.0 Å². The van der Waals surface area contributed by atoms with Crippen molar-refractivity contribution in [2.45, 2.75) is 6.92 Å². The Kier molecular flexibility index (Phi) is 3.56. The number of fused-ring (bicyclic) bond motifs is 1. The van der Waals surface area contributed by atoms with Gasteiger partial charge in [-0.15, -0.1) is 0 Å². The molecule has 0 N–H and O–H groups in total. The average Bonchev–Trinajstić information content (AvgIpc) is 2.80. The smallest absolute Gasteiger partial charge is 0.0552 e. The lowest BCUT2D eigenvalue weighted by atomic mass is 10.1. The molecule has 0 aliphatic rings. The number of halogens is 1. The van der Waals surface area contributed by atoms with Crippen molar-refractivity contribution in [1.29, 1.82) is 0 Å². The molecule has 0 bridgehead atoms. The van der Waals surface area contributed by atoms with Crippen LogP contribution in [0.4, 0.5) is 0 Å². The lowest BCUT2D eigenvalue weighted by Crippen LogP contribution is -1.96. The van der Waals surface area contributed by atoms with Crippen LogP contribution in [0.15, 0.2) is 60.1 Å². The van der Waals surface area contributed by atoms with Gasteiger partial charge in [0, 0.05) is 21.1 Å². The highest BCUT2D eigenvalue weighted by atomic mass is 79.9. The molecule has 2 aromatic carbocycles. The molecule has 0 aliphatic carbocycles. The van der Waals surface area contributed by atoms with Crippen LogP contribution in [0.25, 0.3) is 28.7 Å². The summed E-state index contributed by atoms with van der Waals surface area (Å²) in [6, 6.07) is 14.8. The molecule has 1 aromatic heterocycles. The molecule has 0 atom stereocenters. The van der Waals surface area contributed by atoms with Gasteiger partial charge in [0.15, 0.2) is 0 Å². The summed E-state index contributed by atoms with van der Waals surface area (Å²) >= 11 is 3.56. The zero-order valence-corrected chi connectivity index (χ0v) is 13.5. The molecule has 2 heteroatoms. The predicted octanol–water partition coefficient (Wildman–Crippen LogP) is 5.99. The van der Waals surface area contributed by atoms with Gasteiger partial charge in [-0.3, -0.25) is 0 Å². The van der Waals surface area contributed by atoms with E-state index in [0.717, 1.165) is 26.9 Å². The molecule has 0 amide bonds. The van der Waals surface area contributed by atoms with Gasteiger partial charge in [-0.05, 0) is 37.3 Å². The highest BCUT2D eigenvalue weighted by Crippen LogP contribution is 2.33. The van der Waals surface area contributed by atoms with E-state index in [0.29, 0.717) is 0 Å². The first-order valence-corrected chi connectivity index (χ1v) is 7.61. The quantitative estimate of drug-likeness (QED) is 0.553. The molecule has 0 saturated carbocycles. The summed E-state index contributed by atoms with van der Waals surface area (Å²) in [5, 5.41) is 1.18. The molecule has 0 aliphatic heterocycles. The van der Waals surface area contributed by atoms with Crippen molar-refractivity contribution in [1.82, 2.24) is 4.57 Å². The topological polar surface area (TPSA) is 4.93 Å². The van der Waals surface area contributed by atoms with E-state index in [9.17, 15) is 0 Å². The van der Waals surface area contributed by atoms with E-state index in [4.69, 9.17) is 0 Å². The molecule has 1 heterocycles. The summed E-state index contributed by atoms with van der Waals surface area (Å²) < 4.78 is 3.29. The van der Waals surface area contributed by atoms with E-state index in [1.807, 2.05) is 12.2 Å². The van der Waals surface area contributed by atoms with Crippen LogP contribution in [0.3, 0.4) is 0 Å². The Morgan fingerprint density at radius 2 is 1.71 bits per heavy atom. The van der Waals surface area contributed by atoms with Gasteiger partial charge in [0.05, 0.1) is 11.2 Å². The first-order valence-electron chi connectivity index (χ1n) is 6.81. The molecule has 3 aromatic rings. The molecule has 0 radical (unpaired) electrons. The molecule has 0 fully saturated rings. The summed E-state index contributed by atoms with van der Waals surface area (Å²) in [4.78, 5) is 0. The van der Waals surface area contributed by atoms with Crippen LogP contribution >= 0.6 is 15.9 Å². The van der Waals surface area contributed by atoms with Crippen LogP contribution in [0.2, 0.25) is 0 Å². The summed E-state index contributed by atoms with van der Waals surface area (Å²) in [6.45, 7) is 10.0. The summed E-state index contributed by atoms with van der Waals surface area (Å²) in [6.07, 6.45) is 3.79. The number of aromatic nitrogens is 1. The fourth-order valence-corrected chi connectivity index (χ4v) is 3.04. The Morgan fingerprint density at radius 1 is 1.00 bits per heavy atom. The lowest BCUT2D eigenvalue weighted by Gasteiger charge is -2.09. The van der Waals surface area contributed by atoms with Gasteiger partial charge < -0.3 is 4.57 Å². The number of nitrogens with zero attached hydrogens (tertiary/aromatic N) is 1. The van der Waals surface area contributed by atoms with Crippen molar-refractivity contribution in [2.24, 2.45) is 0 Å². The second-order valence-electron chi connectivity index (χ2n) is 5.04. The van der Waals surface area contributed by atoms with Crippen molar-refractivity contribution in [2.75, 3.05) is 0 Å². The summed E-state index contributed by atoms with van der Waals surface area (Å²) in [5.41, 5.74) is 5.72. The minimum Gasteiger partial charge on any atom is -0.309 e. The van der Waals surface area contributed by atoms with Gasteiger partial charge in [0.1, 0.15) is 0 Å². The van der Waals surface area contributed by atoms with Crippen LogP contribution < -0.4 is 0 Å². The maximum absolute atomic E-state index is 3.98. The standard InChI is InChI=1S/C19H16BrN/c1-4-16-17-11-8-14(20)12-19(17)21(18(16)5-2)15-9-6-13(3)7-10-15/h4-12H,1-2H2,3H3. The number of benzene rings is 2. The molecule has 3 rings (SSSR count). The molecular weight excluding hydrogens is 322 g/mol. The van der Waals surface area contributed by atoms with Gasteiger partial charge in [0.2, 0.25) is 0 Å². The van der Waals surface area contributed by atoms with E-state index in [1.165, 1.54) is 10.9 Å². The zero-order valence-electron chi connectivity index (χ0n) is 11.9. The fraction of sp³-hybridized carbons (Fsp3) is 0.0526. The predicted molar refractivity (Wildman–Crippen MR) is 95.9 cm³/mol. The minimum atomic E-state index is 1.06. The van der Waals surface area contributed by atoms with Crippen molar-refractivity contribution in [3.05, 3.63) is 76.9 Å². The van der Waals surface area contributed by atoms with Gasteiger partial charge in [-0.1, -0.05) is 58.9 Å². The van der Waals surface area contributed by atoms with Gasteiger partial charge in [0.25, 0.3) is 0 Å². The van der Waals surface area contributed by atoms with Gasteiger partial charge in [-0.25, -0.2) is 0 Å². The lowest BCUT2D eigenvalue weighted by molar-refractivity contribution is 1.10.